The Kier molecular flexibility index (Phi) is 9.93. The van der Waals surface area contributed by atoms with E-state index in [0.29, 0.717) is 17.2 Å². The largest absolute Gasteiger partial charge is 0.493 e. The fraction of sp³-hybridized carbons (Fsp3) is 0.250. The predicted molar refractivity (Wildman–Crippen MR) is 90.5 cm³/mol. The molecule has 0 aliphatic rings. The van der Waals surface area contributed by atoms with Crippen LogP contribution in [0.15, 0.2) is 36.7 Å². The minimum atomic E-state index is -1.05. The Morgan fingerprint density at radius 2 is 1.54 bits per heavy atom. The molecule has 2 rings (SSSR count). The van der Waals surface area contributed by atoms with Crippen molar-refractivity contribution in [1.82, 2.24) is 4.98 Å². The van der Waals surface area contributed by atoms with Gasteiger partial charge in [-0.05, 0) is 29.8 Å². The Hall–Kier alpha value is -2.51. The summed E-state index contributed by atoms with van der Waals surface area (Å²) >= 11 is 0. The summed E-state index contributed by atoms with van der Waals surface area (Å²) in [5.74, 6) is -0.0113. The predicted octanol–water partition coefficient (Wildman–Crippen LogP) is 2.41. The molecule has 0 aliphatic carbocycles. The monoisotopic (exact) mass is 357 g/mol. The van der Waals surface area contributed by atoms with E-state index in [1.54, 1.807) is 24.5 Å². The summed E-state index contributed by atoms with van der Waals surface area (Å²) in [6.07, 6.45) is 3.32. The lowest BCUT2D eigenvalue weighted by molar-refractivity contribution is 0.0696. The molecule has 2 aromatic rings. The number of methoxy groups -OCH3 is 3. The normalized spacial score (nSPS) is 9.00. The minimum Gasteiger partial charge on any atom is -0.493 e. The topological polar surface area (TPSA) is 98.1 Å². The van der Waals surface area contributed by atoms with Gasteiger partial charge in [-0.2, -0.15) is 0 Å². The van der Waals surface area contributed by atoms with Crippen LogP contribution in [0.5, 0.6) is 17.2 Å². The van der Waals surface area contributed by atoms with Crippen LogP contribution in [0.4, 0.5) is 0 Å². The Morgan fingerprint density at radius 1 is 1.04 bits per heavy atom. The third-order valence-corrected chi connectivity index (χ3v) is 2.84. The summed E-state index contributed by atoms with van der Waals surface area (Å²) in [6.45, 7) is 0.0997. The molecule has 0 fully saturated rings. The molecule has 0 aliphatic heterocycles. The van der Waals surface area contributed by atoms with Gasteiger partial charge in [0.05, 0.1) is 33.5 Å². The molecule has 1 heterocycles. The van der Waals surface area contributed by atoms with Gasteiger partial charge >= 0.3 is 5.97 Å². The number of hydrogen-bond acceptors (Lipinski definition) is 6. The third kappa shape index (κ3) is 5.94. The zero-order chi connectivity index (χ0) is 17.2. The molecule has 0 bridgehead atoms. The molecule has 24 heavy (non-hydrogen) atoms. The highest BCUT2D eigenvalue weighted by Crippen LogP contribution is 2.38. The number of aliphatic hydroxyl groups excluding tert-OH is 1. The van der Waals surface area contributed by atoms with E-state index in [1.165, 1.54) is 33.5 Å². The fourth-order valence-electron chi connectivity index (χ4n) is 1.69. The van der Waals surface area contributed by atoms with E-state index in [-0.39, 0.29) is 24.6 Å². The average Bonchev–Trinajstić information content (AvgIpc) is 2.61. The number of rotatable bonds is 5. The van der Waals surface area contributed by atoms with Gasteiger partial charge in [0.25, 0.3) is 0 Å². The molecule has 132 valence electrons. The number of aliphatic hydroxyl groups is 1. The first kappa shape index (κ1) is 21.5. The van der Waals surface area contributed by atoms with Crippen LogP contribution in [-0.4, -0.2) is 42.5 Å². The number of hydrogen-bond donors (Lipinski definition) is 2. The second kappa shape index (κ2) is 11.1. The van der Waals surface area contributed by atoms with Crippen LogP contribution in [-0.2, 0) is 6.61 Å². The van der Waals surface area contributed by atoms with Crippen molar-refractivity contribution < 1.29 is 29.2 Å². The van der Waals surface area contributed by atoms with Crippen LogP contribution in [0.2, 0.25) is 0 Å². The number of carboxylic acid groups (broad SMARTS) is 1. The summed E-state index contributed by atoms with van der Waals surface area (Å²) in [5, 5.41) is 17.3. The maximum atomic E-state index is 10.8. The molecule has 0 saturated heterocycles. The van der Waals surface area contributed by atoms with Crippen LogP contribution in [0.25, 0.3) is 0 Å². The highest BCUT2D eigenvalue weighted by atomic mass is 35.5. The van der Waals surface area contributed by atoms with Crippen LogP contribution < -0.4 is 14.2 Å². The van der Waals surface area contributed by atoms with E-state index in [1.807, 2.05) is 0 Å². The SMILES string of the molecule is COc1cc(C(=O)O)cc(OC)c1OC.Cl.OCc1ccncc1. The van der Waals surface area contributed by atoms with Crippen LogP contribution in [0, 0.1) is 0 Å². The van der Waals surface area contributed by atoms with Crippen LogP contribution >= 0.6 is 12.4 Å². The number of nitrogens with zero attached hydrogens (tertiary/aromatic N) is 1. The van der Waals surface area contributed by atoms with Gasteiger partial charge < -0.3 is 24.4 Å². The zero-order valence-corrected chi connectivity index (χ0v) is 14.4. The molecule has 2 N–H and O–H groups in total. The van der Waals surface area contributed by atoms with Gasteiger partial charge in [0.2, 0.25) is 5.75 Å². The first-order chi connectivity index (χ1) is 11.1. The molecule has 0 saturated carbocycles. The summed E-state index contributed by atoms with van der Waals surface area (Å²) < 4.78 is 15.1. The molecule has 1 aromatic carbocycles. The number of pyridine rings is 1. The third-order valence-electron chi connectivity index (χ3n) is 2.84. The molecule has 1 aromatic heterocycles. The van der Waals surface area contributed by atoms with E-state index < -0.39 is 5.97 Å². The quantitative estimate of drug-likeness (QED) is 0.847. The van der Waals surface area contributed by atoms with Gasteiger partial charge in [-0.3, -0.25) is 4.98 Å². The maximum absolute atomic E-state index is 10.8. The second-order valence-electron chi connectivity index (χ2n) is 4.23. The van der Waals surface area contributed by atoms with Gasteiger partial charge in [-0.25, -0.2) is 4.79 Å². The van der Waals surface area contributed by atoms with E-state index in [9.17, 15) is 4.79 Å². The van der Waals surface area contributed by atoms with Crippen molar-refractivity contribution in [3.8, 4) is 17.2 Å². The zero-order valence-electron chi connectivity index (χ0n) is 13.6. The summed E-state index contributed by atoms with van der Waals surface area (Å²) in [7, 11) is 4.33. The van der Waals surface area contributed by atoms with Crippen molar-refractivity contribution in [2.45, 2.75) is 6.61 Å². The Bertz CT molecular complexity index is 611. The number of carboxylic acids is 1. The number of ether oxygens (including phenoxy) is 3. The average molecular weight is 358 g/mol. The van der Waals surface area contributed by atoms with Gasteiger partial charge in [0, 0.05) is 12.4 Å². The maximum Gasteiger partial charge on any atom is 0.335 e. The van der Waals surface area contributed by atoms with Crippen LogP contribution in [0.1, 0.15) is 15.9 Å². The standard InChI is InChI=1S/C10H12O5.C6H7NO.ClH/c1-13-7-4-6(10(11)12)5-8(14-2)9(7)15-3;8-5-6-1-3-7-4-2-6;/h4-5H,1-3H3,(H,11,12);1-4,8H,5H2;1H. The first-order valence-corrected chi connectivity index (χ1v) is 6.60. The summed E-state index contributed by atoms with van der Waals surface area (Å²) in [4.78, 5) is 14.6. The van der Waals surface area contributed by atoms with Gasteiger partial charge in [-0.1, -0.05) is 0 Å². The van der Waals surface area contributed by atoms with Crippen molar-refractivity contribution in [1.29, 1.82) is 0 Å². The molecule has 8 heteroatoms. The van der Waals surface area contributed by atoms with E-state index >= 15 is 0 Å². The van der Waals surface area contributed by atoms with E-state index in [4.69, 9.17) is 24.4 Å². The molecule has 0 spiro atoms. The molecule has 7 nitrogen and oxygen atoms in total. The second-order valence-corrected chi connectivity index (χ2v) is 4.23. The van der Waals surface area contributed by atoms with Gasteiger partial charge in [0.1, 0.15) is 0 Å². The van der Waals surface area contributed by atoms with E-state index in [2.05, 4.69) is 4.98 Å². The van der Waals surface area contributed by atoms with Crippen molar-refractivity contribution >= 4 is 18.4 Å². The smallest absolute Gasteiger partial charge is 0.335 e. The number of halogens is 1. The summed E-state index contributed by atoms with van der Waals surface area (Å²) in [5.41, 5.74) is 0.990. The number of aromatic nitrogens is 1. The van der Waals surface area contributed by atoms with Crippen molar-refractivity contribution in [2.75, 3.05) is 21.3 Å². The number of aromatic carboxylic acids is 1. The van der Waals surface area contributed by atoms with E-state index in [0.717, 1.165) is 5.56 Å². The van der Waals surface area contributed by atoms with Crippen LogP contribution in [0.3, 0.4) is 0 Å². The number of benzene rings is 1. The fourth-order valence-corrected chi connectivity index (χ4v) is 1.69. The molecule has 0 amide bonds. The number of carbonyl (C=O) groups is 1. The highest BCUT2D eigenvalue weighted by molar-refractivity contribution is 5.89. The lowest BCUT2D eigenvalue weighted by Crippen LogP contribution is -2.01. The van der Waals surface area contributed by atoms with Gasteiger partial charge in [-0.15, -0.1) is 12.4 Å². The van der Waals surface area contributed by atoms with Crippen molar-refractivity contribution in [3.63, 3.8) is 0 Å². The lowest BCUT2D eigenvalue weighted by atomic mass is 10.2. The Balaban J connectivity index is 0.000000498. The molecular formula is C16H20ClNO6. The molecule has 0 atom stereocenters. The molecule has 0 unspecified atom stereocenters. The highest BCUT2D eigenvalue weighted by Gasteiger charge is 2.15. The van der Waals surface area contributed by atoms with Crippen molar-refractivity contribution in [2.24, 2.45) is 0 Å². The molecule has 0 radical (unpaired) electrons. The minimum absolute atomic E-state index is 0. The molecular weight excluding hydrogens is 338 g/mol. The van der Waals surface area contributed by atoms with Crippen molar-refractivity contribution in [3.05, 3.63) is 47.8 Å². The van der Waals surface area contributed by atoms with Gasteiger partial charge in [0.15, 0.2) is 11.5 Å². The Morgan fingerprint density at radius 3 is 1.83 bits per heavy atom. The summed E-state index contributed by atoms with van der Waals surface area (Å²) in [6, 6.07) is 6.31. The lowest BCUT2D eigenvalue weighted by Gasteiger charge is -2.12. The Labute approximate surface area is 146 Å². The first-order valence-electron chi connectivity index (χ1n) is 6.60.